The molecule has 0 aliphatic rings. The number of esters is 2. The predicted molar refractivity (Wildman–Crippen MR) is 75.3 cm³/mol. The van der Waals surface area contributed by atoms with Gasteiger partial charge in [-0.1, -0.05) is 0 Å². The molecule has 0 saturated carbocycles. The zero-order valence-electron chi connectivity index (χ0n) is 11.0. The molecule has 0 aliphatic heterocycles. The predicted octanol–water partition coefficient (Wildman–Crippen LogP) is 0.638. The first kappa shape index (κ1) is 19.7. The van der Waals surface area contributed by atoms with Crippen molar-refractivity contribution < 1.29 is 32.0 Å². The van der Waals surface area contributed by atoms with E-state index in [0.717, 1.165) is 12.1 Å². The van der Waals surface area contributed by atoms with E-state index >= 15 is 0 Å². The van der Waals surface area contributed by atoms with E-state index in [1.807, 2.05) is 0 Å². The zero-order chi connectivity index (χ0) is 15.3. The number of ether oxygens (including phenoxy) is 2. The Kier molecular flexibility index (Phi) is 7.67. The molecular weight excluding hydrogens is 295 g/mol. The third-order valence-corrected chi connectivity index (χ3v) is 3.16. The van der Waals surface area contributed by atoms with Crippen molar-refractivity contribution in [2.75, 3.05) is 13.2 Å². The molecule has 1 N–H and O–H groups in total. The van der Waals surface area contributed by atoms with Gasteiger partial charge in [0.2, 0.25) is 0 Å². The molecule has 0 aromatic heterocycles. The second-order valence-corrected chi connectivity index (χ2v) is 5.02. The summed E-state index contributed by atoms with van der Waals surface area (Å²) in [5, 5.41) is 0. The topological polar surface area (TPSA) is 107 Å². The van der Waals surface area contributed by atoms with Gasteiger partial charge in [0.15, 0.2) is 0 Å². The van der Waals surface area contributed by atoms with Crippen LogP contribution in [-0.2, 0) is 19.6 Å². The third-order valence-electron chi connectivity index (χ3n) is 2.27. The molecule has 1 aromatic carbocycles. The Bertz CT molecular complexity index is 624. The van der Waals surface area contributed by atoms with E-state index in [1.54, 1.807) is 13.8 Å². The minimum absolute atomic E-state index is 0. The van der Waals surface area contributed by atoms with Gasteiger partial charge in [0.05, 0.1) is 24.3 Å². The summed E-state index contributed by atoms with van der Waals surface area (Å²) in [5.41, 5.74) is -0.435. The molecule has 0 unspecified atom stereocenters. The molecule has 1 aromatic rings. The van der Waals surface area contributed by atoms with Crippen LogP contribution in [0.1, 0.15) is 34.6 Å². The van der Waals surface area contributed by atoms with Crippen LogP contribution in [0.15, 0.2) is 23.1 Å². The Balaban J connectivity index is 0.00000400. The van der Waals surface area contributed by atoms with Crippen molar-refractivity contribution in [2.45, 2.75) is 18.7 Å². The van der Waals surface area contributed by atoms with Crippen molar-refractivity contribution in [1.29, 1.82) is 0 Å². The molecule has 0 radical (unpaired) electrons. The van der Waals surface area contributed by atoms with E-state index in [1.165, 1.54) is 6.07 Å². The number of hydrogen-bond donors (Lipinski definition) is 1. The van der Waals surface area contributed by atoms with Gasteiger partial charge in [-0.15, -0.1) is 0 Å². The van der Waals surface area contributed by atoms with Gasteiger partial charge in [-0.2, -0.15) is 8.42 Å². The molecule has 0 saturated heterocycles. The van der Waals surface area contributed by atoms with E-state index in [-0.39, 0.29) is 43.2 Å². The summed E-state index contributed by atoms with van der Waals surface area (Å²) < 4.78 is 41.1. The fourth-order valence-electron chi connectivity index (χ4n) is 1.45. The zero-order valence-corrected chi connectivity index (χ0v) is 11.8. The van der Waals surface area contributed by atoms with E-state index in [0.29, 0.717) is 0 Å². The number of carbonyl (C=O) groups excluding carboxylic acids is 2. The minimum atomic E-state index is -4.68. The molecule has 21 heavy (non-hydrogen) atoms. The quantitative estimate of drug-likeness (QED) is 0.483. The Hall–Kier alpha value is -1.33. The van der Waals surface area contributed by atoms with Crippen molar-refractivity contribution in [3.8, 4) is 0 Å². The van der Waals surface area contributed by atoms with Crippen LogP contribution in [-0.4, -0.2) is 57.0 Å². The fraction of sp³-hybridized carbons (Fsp3) is 0.333. The van der Waals surface area contributed by atoms with Crippen molar-refractivity contribution in [3.05, 3.63) is 29.3 Å². The van der Waals surface area contributed by atoms with Crippen LogP contribution in [0.4, 0.5) is 0 Å². The van der Waals surface area contributed by atoms with Gasteiger partial charge in [0.1, 0.15) is 4.90 Å². The van der Waals surface area contributed by atoms with Crippen LogP contribution in [0.25, 0.3) is 0 Å². The maximum absolute atomic E-state index is 11.6. The summed E-state index contributed by atoms with van der Waals surface area (Å²) in [6.45, 7) is 3.30. The Morgan fingerprint density at radius 1 is 1.10 bits per heavy atom. The summed E-state index contributed by atoms with van der Waals surface area (Å²) in [6.07, 6.45) is 0. The van der Waals surface area contributed by atoms with Crippen LogP contribution in [0.2, 0.25) is 0 Å². The van der Waals surface area contributed by atoms with E-state index in [4.69, 9.17) is 9.29 Å². The summed E-state index contributed by atoms with van der Waals surface area (Å²) in [7, 11) is -4.68. The normalized spacial score (nSPS) is 10.4. The fourth-order valence-corrected chi connectivity index (χ4v) is 2.16. The van der Waals surface area contributed by atoms with Gasteiger partial charge in [-0.3, -0.25) is 4.55 Å². The molecule has 0 fully saturated rings. The molecule has 0 aliphatic carbocycles. The first-order valence-corrected chi connectivity index (χ1v) is 7.21. The average molecular weight is 310 g/mol. The van der Waals surface area contributed by atoms with Crippen molar-refractivity contribution in [1.82, 2.24) is 0 Å². The monoisotopic (exact) mass is 310 g/mol. The second-order valence-electron chi connectivity index (χ2n) is 3.63. The molecule has 0 atom stereocenters. The average Bonchev–Trinajstić information content (AvgIpc) is 2.37. The van der Waals surface area contributed by atoms with E-state index < -0.39 is 27.0 Å². The molecule has 0 spiro atoms. The second kappa shape index (κ2) is 8.19. The van der Waals surface area contributed by atoms with E-state index in [9.17, 15) is 18.0 Å². The number of rotatable bonds is 5. The van der Waals surface area contributed by atoms with Crippen LogP contribution >= 0.6 is 0 Å². The van der Waals surface area contributed by atoms with E-state index in [2.05, 4.69) is 4.74 Å². The number of benzene rings is 1. The van der Waals surface area contributed by atoms with Gasteiger partial charge >= 0.3 is 30.8 Å². The summed E-state index contributed by atoms with van der Waals surface area (Å²) in [4.78, 5) is 22.4. The van der Waals surface area contributed by atoms with Gasteiger partial charge in [-0.05, 0) is 32.0 Å². The third kappa shape index (κ3) is 5.17. The number of carbonyl (C=O) groups is 2. The molecule has 0 amide bonds. The van der Waals surface area contributed by atoms with Crippen LogP contribution in [0, 0.1) is 0 Å². The number of hydrogen-bond acceptors (Lipinski definition) is 6. The van der Waals surface area contributed by atoms with Crippen LogP contribution < -0.4 is 0 Å². The van der Waals surface area contributed by atoms with Gasteiger partial charge in [0, 0.05) is 0 Å². The van der Waals surface area contributed by atoms with Crippen molar-refractivity contribution in [3.63, 3.8) is 0 Å². The molecule has 7 nitrogen and oxygen atoms in total. The molecule has 9 heteroatoms. The van der Waals surface area contributed by atoms with Crippen LogP contribution in [0.3, 0.4) is 0 Å². The molecule has 0 bridgehead atoms. The SMILES string of the molecule is CCOC(=O)c1ccc(C(=O)OCC)c(S(=O)(=O)O)c1.[LiH]. The Labute approximate surface area is 134 Å². The summed E-state index contributed by atoms with van der Waals surface area (Å²) >= 11 is 0. The first-order valence-electron chi connectivity index (χ1n) is 5.77. The Morgan fingerprint density at radius 2 is 1.62 bits per heavy atom. The molecule has 0 heterocycles. The molecule has 112 valence electrons. The standard InChI is InChI=1S/C12H14O7S.Li.H/c1-3-18-11(13)8-5-6-9(12(14)19-4-2)10(7-8)20(15,16)17;;/h5-7H,3-4H2,1-2H3,(H,15,16,17);;. The molecular formula is C12H15LiO7S. The first-order chi connectivity index (χ1) is 9.31. The van der Waals surface area contributed by atoms with Gasteiger partial charge in [-0.25, -0.2) is 9.59 Å². The van der Waals surface area contributed by atoms with Gasteiger partial charge in [0.25, 0.3) is 10.1 Å². The maximum atomic E-state index is 11.6. The van der Waals surface area contributed by atoms with Crippen molar-refractivity contribution in [2.24, 2.45) is 0 Å². The Morgan fingerprint density at radius 3 is 2.10 bits per heavy atom. The van der Waals surface area contributed by atoms with Crippen molar-refractivity contribution >= 4 is 40.9 Å². The summed E-state index contributed by atoms with van der Waals surface area (Å²) in [6, 6.07) is 3.19. The van der Waals surface area contributed by atoms with Crippen LogP contribution in [0.5, 0.6) is 0 Å². The molecule has 1 rings (SSSR count). The van der Waals surface area contributed by atoms with Gasteiger partial charge < -0.3 is 9.47 Å². The summed E-state index contributed by atoms with van der Waals surface area (Å²) in [5.74, 6) is -1.66.